The van der Waals surface area contributed by atoms with Gasteiger partial charge in [-0.15, -0.1) is 11.3 Å². The van der Waals surface area contributed by atoms with Gasteiger partial charge in [-0.2, -0.15) is 5.26 Å². The maximum Gasteiger partial charge on any atom is 0.178 e. The summed E-state index contributed by atoms with van der Waals surface area (Å²) >= 11 is 1.34. The molecule has 0 bridgehead atoms. The Labute approximate surface area is 129 Å². The van der Waals surface area contributed by atoms with Crippen molar-refractivity contribution in [1.82, 2.24) is 0 Å². The molecule has 110 valence electrons. The molecule has 4 nitrogen and oxygen atoms in total. The fraction of sp³-hybridized carbons (Fsp3) is 0.312. The first-order valence-electron chi connectivity index (χ1n) is 6.88. The number of thiophene rings is 1. The van der Waals surface area contributed by atoms with Gasteiger partial charge in [0.15, 0.2) is 5.75 Å². The van der Waals surface area contributed by atoms with Crippen molar-refractivity contribution in [2.75, 3.05) is 17.6 Å². The van der Waals surface area contributed by atoms with E-state index < -0.39 is 0 Å². The van der Waals surface area contributed by atoms with Crippen LogP contribution in [-0.4, -0.2) is 12.6 Å². The van der Waals surface area contributed by atoms with E-state index in [4.69, 9.17) is 15.7 Å². The molecule has 0 saturated carbocycles. The maximum atomic E-state index is 9.09. The second-order valence-electron chi connectivity index (χ2n) is 4.94. The fourth-order valence-corrected chi connectivity index (χ4v) is 2.82. The smallest absolute Gasteiger partial charge is 0.178 e. The van der Waals surface area contributed by atoms with Gasteiger partial charge in [0.25, 0.3) is 0 Å². The first-order chi connectivity index (χ1) is 10.1. The molecule has 3 N–H and O–H groups in total. The maximum absolute atomic E-state index is 9.09. The highest BCUT2D eigenvalue weighted by Crippen LogP contribution is 2.42. The molecule has 1 aromatic carbocycles. The molecule has 1 heterocycles. The van der Waals surface area contributed by atoms with Crippen molar-refractivity contribution < 1.29 is 4.74 Å². The number of nitrogens with zero attached hydrogens (tertiary/aromatic N) is 1. The van der Waals surface area contributed by atoms with Crippen LogP contribution in [0.5, 0.6) is 5.75 Å². The van der Waals surface area contributed by atoms with Gasteiger partial charge in [-0.3, -0.25) is 0 Å². The third kappa shape index (κ3) is 3.89. The van der Waals surface area contributed by atoms with Crippen molar-refractivity contribution >= 4 is 22.0 Å². The Morgan fingerprint density at radius 1 is 1.33 bits per heavy atom. The number of benzene rings is 1. The molecular formula is C16H19N3OS. The van der Waals surface area contributed by atoms with Gasteiger partial charge in [0.2, 0.25) is 0 Å². The van der Waals surface area contributed by atoms with Gasteiger partial charge in [-0.25, -0.2) is 0 Å². The summed E-state index contributed by atoms with van der Waals surface area (Å²) in [6, 6.07) is 12.4. The standard InChI is InChI=1S/C16H19N3OS/c1-11(2)20-15-14(18)13(10-17)21-16(15)19-9-8-12-6-4-3-5-7-12/h3-7,11,19H,8-9,18H2,1-2H3. The number of hydrogen-bond donors (Lipinski definition) is 2. The Balaban J connectivity index is 2.07. The van der Waals surface area contributed by atoms with Crippen molar-refractivity contribution in [2.24, 2.45) is 0 Å². The summed E-state index contributed by atoms with van der Waals surface area (Å²) in [7, 11) is 0. The minimum absolute atomic E-state index is 0.0168. The van der Waals surface area contributed by atoms with Gasteiger partial charge in [0.1, 0.15) is 21.6 Å². The molecule has 21 heavy (non-hydrogen) atoms. The molecule has 5 heteroatoms. The van der Waals surface area contributed by atoms with Gasteiger partial charge >= 0.3 is 0 Å². The van der Waals surface area contributed by atoms with Crippen LogP contribution in [0.25, 0.3) is 0 Å². The number of nitrogens with two attached hydrogens (primary N) is 1. The summed E-state index contributed by atoms with van der Waals surface area (Å²) in [6.07, 6.45) is 0.921. The van der Waals surface area contributed by atoms with Crippen LogP contribution in [0.2, 0.25) is 0 Å². The first-order valence-corrected chi connectivity index (χ1v) is 7.70. The highest BCUT2D eigenvalue weighted by Gasteiger charge is 2.18. The van der Waals surface area contributed by atoms with Crippen LogP contribution in [-0.2, 0) is 6.42 Å². The molecule has 0 radical (unpaired) electrons. The van der Waals surface area contributed by atoms with Crippen LogP contribution in [0.15, 0.2) is 30.3 Å². The summed E-state index contributed by atoms with van der Waals surface area (Å²) < 4.78 is 5.73. The molecule has 2 aromatic rings. The van der Waals surface area contributed by atoms with E-state index in [0.29, 0.717) is 16.3 Å². The van der Waals surface area contributed by atoms with E-state index in [-0.39, 0.29) is 6.10 Å². The minimum Gasteiger partial charge on any atom is -0.486 e. The molecule has 0 aliphatic heterocycles. The first kappa shape index (κ1) is 15.2. The predicted octanol–water partition coefficient (Wildman–Crippen LogP) is 3.64. The Morgan fingerprint density at radius 2 is 2.05 bits per heavy atom. The Bertz CT molecular complexity index is 629. The molecule has 0 aliphatic rings. The average molecular weight is 301 g/mol. The van der Waals surface area contributed by atoms with E-state index in [9.17, 15) is 0 Å². The highest BCUT2D eigenvalue weighted by atomic mass is 32.1. The van der Waals surface area contributed by atoms with Gasteiger partial charge in [-0.1, -0.05) is 30.3 Å². The van der Waals surface area contributed by atoms with Gasteiger partial charge in [0, 0.05) is 6.54 Å². The largest absolute Gasteiger partial charge is 0.486 e. The number of rotatable bonds is 6. The molecule has 0 aliphatic carbocycles. The zero-order valence-corrected chi connectivity index (χ0v) is 13.0. The van der Waals surface area contributed by atoms with Crippen LogP contribution in [0.1, 0.15) is 24.3 Å². The zero-order chi connectivity index (χ0) is 15.2. The molecule has 0 amide bonds. The van der Waals surface area contributed by atoms with Crippen molar-refractivity contribution in [3.8, 4) is 11.8 Å². The number of nitriles is 1. The van der Waals surface area contributed by atoms with E-state index in [0.717, 1.165) is 18.0 Å². The highest BCUT2D eigenvalue weighted by molar-refractivity contribution is 7.17. The average Bonchev–Trinajstić information content (AvgIpc) is 2.76. The van der Waals surface area contributed by atoms with E-state index >= 15 is 0 Å². The molecule has 0 atom stereocenters. The van der Waals surface area contributed by atoms with Crippen LogP contribution in [0.3, 0.4) is 0 Å². The Morgan fingerprint density at radius 3 is 2.67 bits per heavy atom. The lowest BCUT2D eigenvalue weighted by Crippen LogP contribution is -2.10. The summed E-state index contributed by atoms with van der Waals surface area (Å²) in [4.78, 5) is 0.493. The molecule has 0 fully saturated rings. The summed E-state index contributed by atoms with van der Waals surface area (Å²) in [5, 5.41) is 13.2. The normalized spacial score (nSPS) is 10.4. The monoisotopic (exact) mass is 301 g/mol. The lowest BCUT2D eigenvalue weighted by atomic mass is 10.1. The fourth-order valence-electron chi connectivity index (χ4n) is 1.95. The van der Waals surface area contributed by atoms with Crippen LogP contribution < -0.4 is 15.8 Å². The Kier molecular flexibility index (Phi) is 5.07. The molecule has 1 aromatic heterocycles. The summed E-state index contributed by atoms with van der Waals surface area (Å²) in [5.74, 6) is 0.597. The van der Waals surface area contributed by atoms with Crippen LogP contribution in [0.4, 0.5) is 10.7 Å². The Hall–Kier alpha value is -2.19. The number of ether oxygens (including phenoxy) is 1. The van der Waals surface area contributed by atoms with Gasteiger partial charge < -0.3 is 15.8 Å². The molecule has 2 rings (SSSR count). The van der Waals surface area contributed by atoms with E-state index in [1.54, 1.807) is 0 Å². The SMILES string of the molecule is CC(C)Oc1c(NCCc2ccccc2)sc(C#N)c1N. The number of nitrogens with one attached hydrogen (secondary N) is 1. The quantitative estimate of drug-likeness (QED) is 0.854. The predicted molar refractivity (Wildman–Crippen MR) is 87.8 cm³/mol. The number of nitrogen functional groups attached to an aromatic ring is 1. The van der Waals surface area contributed by atoms with Crippen LogP contribution >= 0.6 is 11.3 Å². The van der Waals surface area contributed by atoms with Gasteiger partial charge in [-0.05, 0) is 25.8 Å². The second-order valence-corrected chi connectivity index (χ2v) is 5.96. The lowest BCUT2D eigenvalue weighted by molar-refractivity contribution is 0.246. The molecule has 0 saturated heterocycles. The second kappa shape index (κ2) is 7.00. The lowest BCUT2D eigenvalue weighted by Gasteiger charge is -2.12. The van der Waals surface area contributed by atoms with E-state index in [1.807, 2.05) is 32.0 Å². The third-order valence-electron chi connectivity index (χ3n) is 2.90. The summed E-state index contributed by atoms with van der Waals surface area (Å²) in [5.41, 5.74) is 7.66. The molecular weight excluding hydrogens is 282 g/mol. The van der Waals surface area contributed by atoms with Crippen LogP contribution in [0, 0.1) is 11.3 Å². The summed E-state index contributed by atoms with van der Waals surface area (Å²) in [6.45, 7) is 4.65. The molecule has 0 spiro atoms. The van der Waals surface area contributed by atoms with E-state index in [1.165, 1.54) is 16.9 Å². The van der Waals surface area contributed by atoms with Gasteiger partial charge in [0.05, 0.1) is 6.10 Å². The van der Waals surface area contributed by atoms with Crippen molar-refractivity contribution in [3.05, 3.63) is 40.8 Å². The number of hydrogen-bond acceptors (Lipinski definition) is 5. The molecule has 0 unspecified atom stereocenters. The van der Waals surface area contributed by atoms with Crippen molar-refractivity contribution in [2.45, 2.75) is 26.4 Å². The topological polar surface area (TPSA) is 71.1 Å². The third-order valence-corrected chi connectivity index (χ3v) is 3.95. The zero-order valence-electron chi connectivity index (χ0n) is 12.2. The van der Waals surface area contributed by atoms with Crippen molar-refractivity contribution in [1.29, 1.82) is 5.26 Å². The number of anilines is 2. The minimum atomic E-state index is 0.0168. The van der Waals surface area contributed by atoms with Crippen molar-refractivity contribution in [3.63, 3.8) is 0 Å². The van der Waals surface area contributed by atoms with E-state index in [2.05, 4.69) is 23.5 Å².